The van der Waals surface area contributed by atoms with Crippen molar-refractivity contribution in [1.82, 2.24) is 9.80 Å². The predicted molar refractivity (Wildman–Crippen MR) is 71.0 cm³/mol. The molecule has 0 fully saturated rings. The third-order valence-electron chi connectivity index (χ3n) is 1.43. The number of carbonyl (C=O) groups is 4. The van der Waals surface area contributed by atoms with Crippen LogP contribution in [0.1, 0.15) is 12.8 Å². The molecule has 0 bridgehead atoms. The fraction of sp³-hybridized carbons (Fsp3) is 0.600. The summed E-state index contributed by atoms with van der Waals surface area (Å²) in [4.78, 5) is 41.6. The zero-order valence-electron chi connectivity index (χ0n) is 12.0. The molecule has 0 aromatic heterocycles. The number of nitrogens with two attached hydrogens (primary N) is 2. The lowest BCUT2D eigenvalue weighted by atomic mass is 10.3. The van der Waals surface area contributed by atoms with Gasteiger partial charge in [-0.25, -0.2) is 9.59 Å². The van der Waals surface area contributed by atoms with Gasteiger partial charge < -0.3 is 31.5 Å². The Morgan fingerprint density at radius 2 is 0.900 bits per heavy atom. The topological polar surface area (TPSA) is 167 Å². The van der Waals surface area contributed by atoms with Crippen molar-refractivity contribution >= 4 is 24.0 Å². The van der Waals surface area contributed by atoms with Gasteiger partial charge in [-0.15, -0.1) is 0 Å². The Morgan fingerprint density at radius 1 is 0.750 bits per heavy atom. The first-order valence-electron chi connectivity index (χ1n) is 5.28. The number of aliphatic carboxylic acids is 2. The summed E-state index contributed by atoms with van der Waals surface area (Å²) < 4.78 is 0. The van der Waals surface area contributed by atoms with Crippen molar-refractivity contribution in [3.05, 3.63) is 0 Å². The van der Waals surface area contributed by atoms with E-state index in [2.05, 4.69) is 0 Å². The summed E-state index contributed by atoms with van der Waals surface area (Å²) in [5.74, 6) is -2.15. The Labute approximate surface area is 116 Å². The molecule has 0 aliphatic carbocycles. The van der Waals surface area contributed by atoms with Gasteiger partial charge >= 0.3 is 24.0 Å². The maximum Gasteiger partial charge on any atom is 0.314 e. The van der Waals surface area contributed by atoms with Gasteiger partial charge in [0.25, 0.3) is 0 Å². The van der Waals surface area contributed by atoms with Gasteiger partial charge in [0.15, 0.2) is 0 Å². The number of rotatable bonds is 3. The molecule has 118 valence electrons. The number of hydrogen-bond acceptors (Lipinski definition) is 4. The summed E-state index contributed by atoms with van der Waals surface area (Å²) in [6.45, 7) is 0. The summed E-state index contributed by atoms with van der Waals surface area (Å²) >= 11 is 0. The lowest BCUT2D eigenvalue weighted by molar-refractivity contribution is -0.143. The third-order valence-corrected chi connectivity index (χ3v) is 1.43. The number of carboxylic acids is 2. The number of nitrogens with zero attached hydrogens (tertiary/aromatic N) is 2. The van der Waals surface area contributed by atoms with E-state index in [9.17, 15) is 19.2 Å². The molecular formula is C10H22N4O6. The van der Waals surface area contributed by atoms with Gasteiger partial charge in [-0.1, -0.05) is 0 Å². The average Bonchev–Trinajstić information content (AvgIpc) is 2.27. The normalized spacial score (nSPS) is 8.00. The second-order valence-corrected chi connectivity index (χ2v) is 3.75. The van der Waals surface area contributed by atoms with Crippen LogP contribution in [0.15, 0.2) is 0 Å². The Balaban J connectivity index is -0.000000221. The Kier molecular flexibility index (Phi) is 14.6. The molecular weight excluding hydrogens is 272 g/mol. The molecule has 6 N–H and O–H groups in total. The van der Waals surface area contributed by atoms with Crippen molar-refractivity contribution in [3.63, 3.8) is 0 Å². The van der Waals surface area contributed by atoms with Gasteiger partial charge in [0.1, 0.15) is 0 Å². The second kappa shape index (κ2) is 12.9. The minimum atomic E-state index is -1.08. The van der Waals surface area contributed by atoms with Crippen LogP contribution in [0.3, 0.4) is 0 Å². The van der Waals surface area contributed by atoms with Gasteiger partial charge in [0.2, 0.25) is 0 Å². The highest BCUT2D eigenvalue weighted by molar-refractivity contribution is 5.75. The first-order chi connectivity index (χ1) is 8.91. The van der Waals surface area contributed by atoms with Gasteiger partial charge in [-0.2, -0.15) is 0 Å². The average molecular weight is 294 g/mol. The third kappa shape index (κ3) is 29.6. The van der Waals surface area contributed by atoms with Crippen molar-refractivity contribution in [3.8, 4) is 0 Å². The fourth-order valence-corrected chi connectivity index (χ4v) is 0.214. The van der Waals surface area contributed by atoms with Crippen molar-refractivity contribution in [2.75, 3.05) is 28.2 Å². The largest absolute Gasteiger partial charge is 0.481 e. The van der Waals surface area contributed by atoms with Crippen LogP contribution >= 0.6 is 0 Å². The van der Waals surface area contributed by atoms with Gasteiger partial charge in [-0.3, -0.25) is 9.59 Å². The van der Waals surface area contributed by atoms with Crippen molar-refractivity contribution in [2.24, 2.45) is 11.5 Å². The van der Waals surface area contributed by atoms with Gasteiger partial charge in [-0.05, 0) is 0 Å². The number of hydrogen-bond donors (Lipinski definition) is 4. The number of carboxylic acid groups (broad SMARTS) is 2. The molecule has 0 aliphatic heterocycles. The van der Waals surface area contributed by atoms with E-state index in [-0.39, 0.29) is 12.8 Å². The molecule has 0 aromatic rings. The van der Waals surface area contributed by atoms with Crippen LogP contribution in [0.2, 0.25) is 0 Å². The van der Waals surface area contributed by atoms with Crippen molar-refractivity contribution in [1.29, 1.82) is 0 Å². The summed E-state index contributed by atoms with van der Waals surface area (Å²) in [6, 6.07) is -0.815. The second-order valence-electron chi connectivity index (χ2n) is 3.75. The fourth-order valence-electron chi connectivity index (χ4n) is 0.214. The maximum atomic E-state index is 9.85. The van der Waals surface area contributed by atoms with Crippen molar-refractivity contribution in [2.45, 2.75) is 12.8 Å². The van der Waals surface area contributed by atoms with E-state index in [1.165, 1.54) is 9.80 Å². The summed E-state index contributed by atoms with van der Waals surface area (Å²) in [5, 5.41) is 15.8. The molecule has 0 rings (SSSR count). The minimum absolute atomic E-state index is 0.296. The molecule has 0 aromatic carbocycles. The molecule has 20 heavy (non-hydrogen) atoms. The summed E-state index contributed by atoms with van der Waals surface area (Å²) in [7, 11) is 6.40. The van der Waals surface area contributed by atoms with E-state index in [1.54, 1.807) is 28.2 Å². The van der Waals surface area contributed by atoms with Crippen LogP contribution in [0.5, 0.6) is 0 Å². The highest BCUT2D eigenvalue weighted by Gasteiger charge is 2.00. The molecule has 0 spiro atoms. The van der Waals surface area contributed by atoms with E-state index >= 15 is 0 Å². The lowest BCUT2D eigenvalue weighted by Crippen LogP contribution is -2.27. The molecule has 0 heterocycles. The Hall–Kier alpha value is -2.52. The molecule has 0 saturated heterocycles. The SMILES string of the molecule is CN(C)C(N)=O.CN(C)C(N)=O.O=C(O)CCC(=O)O. The Bertz CT molecular complexity index is 298. The summed E-state index contributed by atoms with van der Waals surface area (Å²) in [5.41, 5.74) is 9.44. The van der Waals surface area contributed by atoms with Crippen molar-refractivity contribution < 1.29 is 29.4 Å². The monoisotopic (exact) mass is 294 g/mol. The van der Waals surface area contributed by atoms with E-state index in [4.69, 9.17) is 21.7 Å². The molecule has 0 aliphatic rings. The minimum Gasteiger partial charge on any atom is -0.481 e. The first-order valence-corrected chi connectivity index (χ1v) is 5.28. The van der Waals surface area contributed by atoms with E-state index in [1.807, 2.05) is 0 Å². The number of amides is 4. The molecule has 0 unspecified atom stereocenters. The number of urea groups is 2. The van der Waals surface area contributed by atoms with E-state index in [0.717, 1.165) is 0 Å². The van der Waals surface area contributed by atoms with E-state index < -0.39 is 24.0 Å². The van der Waals surface area contributed by atoms with Crippen LogP contribution in [-0.4, -0.2) is 72.2 Å². The highest BCUT2D eigenvalue weighted by Crippen LogP contribution is 1.86. The molecule has 4 amide bonds. The Morgan fingerprint density at radius 3 is 0.950 bits per heavy atom. The van der Waals surface area contributed by atoms with Gasteiger partial charge in [0.05, 0.1) is 12.8 Å². The lowest BCUT2D eigenvalue weighted by Gasteiger charge is -2.01. The zero-order valence-corrected chi connectivity index (χ0v) is 12.0. The van der Waals surface area contributed by atoms with Crippen LogP contribution in [0.4, 0.5) is 9.59 Å². The smallest absolute Gasteiger partial charge is 0.314 e. The summed E-state index contributed by atoms with van der Waals surface area (Å²) in [6.07, 6.45) is -0.593. The van der Waals surface area contributed by atoms with E-state index in [0.29, 0.717) is 0 Å². The van der Waals surface area contributed by atoms with Crippen LogP contribution in [-0.2, 0) is 9.59 Å². The standard InChI is InChI=1S/C4H6O4.2C3H8N2O/c5-3(6)1-2-4(7)8;2*1-5(2)3(4)6/h1-2H2,(H,5,6)(H,7,8);2*1-2H3,(H2,4,6). The molecule has 0 atom stereocenters. The number of primary amides is 2. The predicted octanol–water partition coefficient (Wildman–Crippen LogP) is -0.811. The number of carbonyl (C=O) groups excluding carboxylic acids is 2. The first kappa shape index (κ1) is 22.6. The molecule has 10 heteroatoms. The molecule has 10 nitrogen and oxygen atoms in total. The highest BCUT2D eigenvalue weighted by atomic mass is 16.4. The van der Waals surface area contributed by atoms with Crippen LogP contribution < -0.4 is 11.5 Å². The zero-order chi connectivity index (χ0) is 16.9. The quantitative estimate of drug-likeness (QED) is 0.530. The van der Waals surface area contributed by atoms with Gasteiger partial charge in [0, 0.05) is 28.2 Å². The molecule has 0 saturated carbocycles. The van der Waals surface area contributed by atoms with Crippen LogP contribution in [0.25, 0.3) is 0 Å². The van der Waals surface area contributed by atoms with Crippen LogP contribution in [0, 0.1) is 0 Å². The maximum absolute atomic E-state index is 9.85. The molecule has 0 radical (unpaired) electrons.